The molecule has 0 bridgehead atoms. The fraction of sp³-hybridized carbons (Fsp3) is 0.333. The third-order valence-corrected chi connectivity index (χ3v) is 4.26. The number of methoxy groups -OCH3 is 1. The van der Waals surface area contributed by atoms with Gasteiger partial charge in [0, 0.05) is 37.8 Å². The Kier molecular flexibility index (Phi) is 5.17. The number of benzene rings is 1. The standard InChI is InChI=1S/C15H17NO6S/c1-21-7-4-8-22-12-9-11(15(17)18)16-14-10(12)5-3-6-13(14)23(2,19)20/h3,5-6,9H,4,7-8H2,1-2H3,(H,17,18). The maximum atomic E-state index is 11.9. The summed E-state index contributed by atoms with van der Waals surface area (Å²) in [5.74, 6) is -0.967. The lowest BCUT2D eigenvalue weighted by Gasteiger charge is -2.12. The molecule has 1 aromatic carbocycles. The Morgan fingerprint density at radius 1 is 1.30 bits per heavy atom. The molecule has 7 nitrogen and oxygen atoms in total. The van der Waals surface area contributed by atoms with Crippen molar-refractivity contribution in [1.29, 1.82) is 0 Å². The molecule has 0 atom stereocenters. The van der Waals surface area contributed by atoms with E-state index in [9.17, 15) is 18.3 Å². The topological polar surface area (TPSA) is 103 Å². The number of ether oxygens (including phenoxy) is 2. The molecule has 124 valence electrons. The smallest absolute Gasteiger partial charge is 0.354 e. The lowest BCUT2D eigenvalue weighted by molar-refractivity contribution is 0.0690. The van der Waals surface area contributed by atoms with Crippen molar-refractivity contribution < 1.29 is 27.8 Å². The molecule has 0 radical (unpaired) electrons. The molecular weight excluding hydrogens is 322 g/mol. The number of nitrogens with zero attached hydrogens (tertiary/aromatic N) is 1. The lowest BCUT2D eigenvalue weighted by atomic mass is 10.2. The molecular formula is C15H17NO6S. The highest BCUT2D eigenvalue weighted by atomic mass is 32.2. The second-order valence-electron chi connectivity index (χ2n) is 4.93. The second-order valence-corrected chi connectivity index (χ2v) is 6.91. The average molecular weight is 339 g/mol. The molecule has 0 unspecified atom stereocenters. The van der Waals surface area contributed by atoms with Crippen LogP contribution in [0.5, 0.6) is 5.75 Å². The van der Waals surface area contributed by atoms with E-state index in [-0.39, 0.29) is 21.9 Å². The van der Waals surface area contributed by atoms with E-state index in [1.165, 1.54) is 12.1 Å². The highest BCUT2D eigenvalue weighted by Crippen LogP contribution is 2.30. The number of aromatic carboxylic acids is 1. The maximum Gasteiger partial charge on any atom is 0.354 e. The van der Waals surface area contributed by atoms with Gasteiger partial charge in [0.2, 0.25) is 0 Å². The zero-order valence-corrected chi connectivity index (χ0v) is 13.6. The summed E-state index contributed by atoms with van der Waals surface area (Å²) in [7, 11) is -1.98. The number of hydrogen-bond donors (Lipinski definition) is 1. The van der Waals surface area contributed by atoms with Gasteiger partial charge >= 0.3 is 5.97 Å². The van der Waals surface area contributed by atoms with E-state index in [1.807, 2.05) is 0 Å². The zero-order valence-electron chi connectivity index (χ0n) is 12.8. The van der Waals surface area contributed by atoms with Crippen LogP contribution in [0.15, 0.2) is 29.2 Å². The number of carbonyl (C=O) groups is 1. The predicted octanol–water partition coefficient (Wildman–Crippen LogP) is 1.75. The van der Waals surface area contributed by atoms with E-state index < -0.39 is 15.8 Å². The maximum absolute atomic E-state index is 11.9. The normalized spacial score (nSPS) is 11.6. The summed E-state index contributed by atoms with van der Waals surface area (Å²) in [5, 5.41) is 9.64. The first-order valence-electron chi connectivity index (χ1n) is 6.83. The van der Waals surface area contributed by atoms with Crippen molar-refractivity contribution in [1.82, 2.24) is 4.98 Å². The Labute approximate surface area is 133 Å². The first-order valence-corrected chi connectivity index (χ1v) is 8.72. The van der Waals surface area contributed by atoms with Crippen molar-refractivity contribution in [3.63, 3.8) is 0 Å². The number of sulfone groups is 1. The largest absolute Gasteiger partial charge is 0.493 e. The number of para-hydroxylation sites is 1. The molecule has 0 aliphatic carbocycles. The quantitative estimate of drug-likeness (QED) is 0.767. The van der Waals surface area contributed by atoms with Gasteiger partial charge in [-0.2, -0.15) is 0 Å². The van der Waals surface area contributed by atoms with Crippen molar-refractivity contribution in [3.8, 4) is 5.75 Å². The minimum absolute atomic E-state index is 0.0279. The van der Waals surface area contributed by atoms with E-state index in [0.29, 0.717) is 25.0 Å². The molecule has 1 aromatic heterocycles. The van der Waals surface area contributed by atoms with Crippen LogP contribution in [0.1, 0.15) is 16.9 Å². The SMILES string of the molecule is COCCCOc1cc(C(=O)O)nc2c(S(C)(=O)=O)cccc12. The van der Waals surface area contributed by atoms with Crippen LogP contribution in [0.2, 0.25) is 0 Å². The summed E-state index contributed by atoms with van der Waals surface area (Å²) in [6, 6.07) is 5.91. The lowest BCUT2D eigenvalue weighted by Crippen LogP contribution is -2.07. The van der Waals surface area contributed by atoms with Crippen LogP contribution in [-0.4, -0.2) is 51.1 Å². The molecule has 0 aliphatic rings. The Balaban J connectivity index is 2.59. The summed E-state index contributed by atoms with van der Waals surface area (Å²) in [5.41, 5.74) is -0.174. The van der Waals surface area contributed by atoms with Crippen molar-refractivity contribution in [2.45, 2.75) is 11.3 Å². The predicted molar refractivity (Wildman–Crippen MR) is 83.8 cm³/mol. The summed E-state index contributed by atoms with van der Waals surface area (Å²) in [6.07, 6.45) is 1.67. The molecule has 1 N–H and O–H groups in total. The molecule has 8 heteroatoms. The van der Waals surface area contributed by atoms with E-state index in [0.717, 1.165) is 6.26 Å². The fourth-order valence-electron chi connectivity index (χ4n) is 2.10. The van der Waals surface area contributed by atoms with Crippen LogP contribution in [0, 0.1) is 0 Å². The molecule has 23 heavy (non-hydrogen) atoms. The Hall–Kier alpha value is -2.19. The molecule has 2 aromatic rings. The minimum atomic E-state index is -3.55. The summed E-state index contributed by atoms with van der Waals surface area (Å²) in [6.45, 7) is 0.818. The van der Waals surface area contributed by atoms with Gasteiger partial charge in [0.25, 0.3) is 0 Å². The molecule has 0 fully saturated rings. The second kappa shape index (κ2) is 6.93. The molecule has 0 spiro atoms. The first-order chi connectivity index (χ1) is 10.8. The summed E-state index contributed by atoms with van der Waals surface area (Å²) >= 11 is 0. The molecule has 0 saturated heterocycles. The highest BCUT2D eigenvalue weighted by molar-refractivity contribution is 7.91. The van der Waals surface area contributed by atoms with Crippen LogP contribution in [-0.2, 0) is 14.6 Å². The molecule has 0 saturated carbocycles. The van der Waals surface area contributed by atoms with Crippen LogP contribution >= 0.6 is 0 Å². The van der Waals surface area contributed by atoms with Gasteiger partial charge in [-0.25, -0.2) is 18.2 Å². The highest BCUT2D eigenvalue weighted by Gasteiger charge is 2.18. The minimum Gasteiger partial charge on any atom is -0.493 e. The third kappa shape index (κ3) is 3.96. The third-order valence-electron chi connectivity index (χ3n) is 3.13. The number of rotatable bonds is 7. The number of fused-ring (bicyclic) bond motifs is 1. The van der Waals surface area contributed by atoms with E-state index in [2.05, 4.69) is 4.98 Å². The molecule has 1 heterocycles. The van der Waals surface area contributed by atoms with Crippen LogP contribution in [0.3, 0.4) is 0 Å². The van der Waals surface area contributed by atoms with Crippen molar-refractivity contribution in [2.75, 3.05) is 26.6 Å². The van der Waals surface area contributed by atoms with Gasteiger partial charge < -0.3 is 14.6 Å². The van der Waals surface area contributed by atoms with Crippen molar-refractivity contribution in [3.05, 3.63) is 30.0 Å². The van der Waals surface area contributed by atoms with Gasteiger partial charge in [-0.1, -0.05) is 6.07 Å². The number of aromatic nitrogens is 1. The number of carboxylic acid groups (broad SMARTS) is 1. The van der Waals surface area contributed by atoms with E-state index >= 15 is 0 Å². The molecule has 0 aliphatic heterocycles. The zero-order chi connectivity index (χ0) is 17.0. The van der Waals surface area contributed by atoms with Crippen LogP contribution in [0.4, 0.5) is 0 Å². The van der Waals surface area contributed by atoms with Gasteiger partial charge in [0.15, 0.2) is 15.5 Å². The fourth-order valence-corrected chi connectivity index (χ4v) is 2.94. The molecule has 0 amide bonds. The van der Waals surface area contributed by atoms with Gasteiger partial charge in [0.05, 0.1) is 17.0 Å². The Morgan fingerprint density at radius 2 is 2.04 bits per heavy atom. The van der Waals surface area contributed by atoms with Gasteiger partial charge in [-0.3, -0.25) is 0 Å². The van der Waals surface area contributed by atoms with Crippen molar-refractivity contribution >= 4 is 26.7 Å². The number of carboxylic acids is 1. The van der Waals surface area contributed by atoms with Crippen LogP contribution in [0.25, 0.3) is 10.9 Å². The summed E-state index contributed by atoms with van der Waals surface area (Å²) < 4.78 is 34.3. The van der Waals surface area contributed by atoms with Crippen LogP contribution < -0.4 is 4.74 Å². The van der Waals surface area contributed by atoms with Crippen molar-refractivity contribution in [2.24, 2.45) is 0 Å². The molecule has 2 rings (SSSR count). The monoisotopic (exact) mass is 339 g/mol. The Bertz CT molecular complexity index is 831. The average Bonchev–Trinajstić information content (AvgIpc) is 2.49. The van der Waals surface area contributed by atoms with Gasteiger partial charge in [-0.15, -0.1) is 0 Å². The number of hydrogen-bond acceptors (Lipinski definition) is 6. The van der Waals surface area contributed by atoms with Gasteiger partial charge in [0.1, 0.15) is 5.75 Å². The first kappa shape index (κ1) is 17.2. The summed E-state index contributed by atoms with van der Waals surface area (Å²) in [4.78, 5) is 15.2. The van der Waals surface area contributed by atoms with Gasteiger partial charge in [-0.05, 0) is 12.1 Å². The van der Waals surface area contributed by atoms with E-state index in [4.69, 9.17) is 9.47 Å². The van der Waals surface area contributed by atoms with E-state index in [1.54, 1.807) is 19.2 Å². The Morgan fingerprint density at radius 3 is 2.65 bits per heavy atom. The number of pyridine rings is 1.